The van der Waals surface area contributed by atoms with Gasteiger partial charge < -0.3 is 10.2 Å². The molecule has 1 atom stereocenters. The molecule has 0 spiro atoms. The molecule has 6 nitrogen and oxygen atoms in total. The van der Waals surface area contributed by atoms with Gasteiger partial charge in [0.05, 0.1) is 11.7 Å². The Balaban J connectivity index is 1.50. The molecule has 2 aromatic heterocycles. The number of hydrogen-bond donors (Lipinski definition) is 1. The van der Waals surface area contributed by atoms with Gasteiger partial charge in [0.2, 0.25) is 5.91 Å². The summed E-state index contributed by atoms with van der Waals surface area (Å²) in [4.78, 5) is 29.2. The lowest BCUT2D eigenvalue weighted by Crippen LogP contribution is -2.35. The smallest absolute Gasteiger partial charge is 0.226 e. The zero-order valence-electron chi connectivity index (χ0n) is 17.6. The molecule has 1 aliphatic carbocycles. The van der Waals surface area contributed by atoms with Crippen molar-refractivity contribution >= 4 is 17.4 Å². The monoisotopic (exact) mass is 413 g/mol. The highest BCUT2D eigenvalue weighted by molar-refractivity contribution is 5.80. The summed E-state index contributed by atoms with van der Waals surface area (Å²) in [6.45, 7) is 0.796. The summed E-state index contributed by atoms with van der Waals surface area (Å²) >= 11 is 0. The largest absolute Gasteiger partial charge is 0.340 e. The molecule has 1 saturated heterocycles. The molecular weight excluding hydrogens is 386 g/mol. The number of carbonyl (C=O) groups excluding carboxylic acids is 1. The van der Waals surface area contributed by atoms with Gasteiger partial charge >= 0.3 is 0 Å². The third-order valence-corrected chi connectivity index (χ3v) is 6.30. The molecule has 0 unspecified atom stereocenters. The summed E-state index contributed by atoms with van der Waals surface area (Å²) in [5.74, 6) is 1.92. The van der Waals surface area contributed by atoms with E-state index in [1.807, 2.05) is 53.4 Å². The van der Waals surface area contributed by atoms with E-state index < -0.39 is 0 Å². The van der Waals surface area contributed by atoms with Crippen molar-refractivity contribution in [1.82, 2.24) is 19.9 Å². The van der Waals surface area contributed by atoms with Crippen molar-refractivity contribution < 1.29 is 4.79 Å². The Bertz CT molecular complexity index is 1030. The third-order valence-electron chi connectivity index (χ3n) is 6.30. The van der Waals surface area contributed by atoms with Gasteiger partial charge in [-0.05, 0) is 49.9 Å². The molecular formula is C25H27N5O. The van der Waals surface area contributed by atoms with Crippen molar-refractivity contribution in [2.75, 3.05) is 11.9 Å². The number of amides is 1. The van der Waals surface area contributed by atoms with Gasteiger partial charge in [0, 0.05) is 42.2 Å². The van der Waals surface area contributed by atoms with Crippen LogP contribution >= 0.6 is 0 Å². The predicted molar refractivity (Wildman–Crippen MR) is 121 cm³/mol. The number of nitrogens with zero attached hydrogens (tertiary/aromatic N) is 4. The van der Waals surface area contributed by atoms with Crippen molar-refractivity contribution in [1.29, 1.82) is 0 Å². The van der Waals surface area contributed by atoms with Crippen molar-refractivity contribution in [3.8, 4) is 11.3 Å². The van der Waals surface area contributed by atoms with Gasteiger partial charge in [0.1, 0.15) is 5.82 Å². The number of hydrogen-bond acceptors (Lipinski definition) is 5. The fraction of sp³-hybridized carbons (Fsp3) is 0.360. The molecule has 3 aromatic rings. The Hall–Kier alpha value is -3.28. The standard InChI is InChI=1S/C25H27N5O/c31-25(19-7-4-5-8-19)30-16-6-11-22(30)24-28-21(18-12-14-26-15-13-18)17-23(29-24)27-20-9-2-1-3-10-20/h1-3,9-10,12-15,17,19,22H,4-8,11,16H2,(H,27,28,29)/t22-/m1/s1. The minimum atomic E-state index is -0.0637. The number of likely N-dealkylation sites (tertiary alicyclic amines) is 1. The highest BCUT2D eigenvalue weighted by atomic mass is 16.2. The number of carbonyl (C=O) groups is 1. The summed E-state index contributed by atoms with van der Waals surface area (Å²) in [6, 6.07) is 15.8. The van der Waals surface area contributed by atoms with Gasteiger partial charge in [-0.25, -0.2) is 9.97 Å². The van der Waals surface area contributed by atoms with Crippen molar-refractivity contribution in [3.63, 3.8) is 0 Å². The summed E-state index contributed by atoms with van der Waals surface area (Å²) in [5.41, 5.74) is 2.80. The maximum absolute atomic E-state index is 13.2. The molecule has 31 heavy (non-hydrogen) atoms. The molecule has 1 aliphatic heterocycles. The van der Waals surface area contributed by atoms with Crippen molar-refractivity contribution in [2.24, 2.45) is 5.92 Å². The number of para-hydroxylation sites is 1. The first-order chi connectivity index (χ1) is 15.3. The first kappa shape index (κ1) is 19.7. The lowest BCUT2D eigenvalue weighted by Gasteiger charge is -2.27. The molecule has 2 fully saturated rings. The Morgan fingerprint density at radius 2 is 1.71 bits per heavy atom. The molecule has 0 bridgehead atoms. The SMILES string of the molecule is O=C(C1CCCC1)N1CCC[C@@H]1c1nc(Nc2ccccc2)cc(-c2ccncc2)n1. The minimum absolute atomic E-state index is 0.0637. The fourth-order valence-electron chi connectivity index (χ4n) is 4.73. The quantitative estimate of drug-likeness (QED) is 0.627. The molecule has 3 heterocycles. The van der Waals surface area contributed by atoms with Crippen LogP contribution in [0.4, 0.5) is 11.5 Å². The molecule has 1 aromatic carbocycles. The maximum Gasteiger partial charge on any atom is 0.226 e. The van der Waals surface area contributed by atoms with E-state index in [1.165, 1.54) is 0 Å². The van der Waals surface area contributed by atoms with Gasteiger partial charge in [-0.3, -0.25) is 9.78 Å². The molecule has 1 amide bonds. The number of anilines is 2. The highest BCUT2D eigenvalue weighted by Gasteiger charge is 2.36. The van der Waals surface area contributed by atoms with E-state index in [0.29, 0.717) is 0 Å². The molecule has 1 N–H and O–H groups in total. The maximum atomic E-state index is 13.2. The normalized spacial score (nSPS) is 19.0. The molecule has 5 rings (SSSR count). The third kappa shape index (κ3) is 4.29. The highest BCUT2D eigenvalue weighted by Crippen LogP contribution is 2.36. The Kier molecular flexibility index (Phi) is 5.61. The molecule has 2 aliphatic rings. The summed E-state index contributed by atoms with van der Waals surface area (Å²) in [5, 5.41) is 3.41. The van der Waals surface area contributed by atoms with Gasteiger partial charge in [-0.1, -0.05) is 31.0 Å². The molecule has 1 saturated carbocycles. The topological polar surface area (TPSA) is 71.0 Å². The van der Waals surface area contributed by atoms with Crippen LogP contribution in [0.5, 0.6) is 0 Å². The predicted octanol–water partition coefficient (Wildman–Crippen LogP) is 5.14. The first-order valence-corrected chi connectivity index (χ1v) is 11.2. The number of pyridine rings is 1. The summed E-state index contributed by atoms with van der Waals surface area (Å²) in [6.07, 6.45) is 9.79. The number of rotatable bonds is 5. The van der Waals surface area contributed by atoms with Crippen molar-refractivity contribution in [3.05, 3.63) is 66.7 Å². The van der Waals surface area contributed by atoms with E-state index in [0.717, 1.165) is 73.7 Å². The van der Waals surface area contributed by atoms with Crippen LogP contribution in [0.1, 0.15) is 50.4 Å². The van der Waals surface area contributed by atoms with Gasteiger partial charge in [0.25, 0.3) is 0 Å². The van der Waals surface area contributed by atoms with Gasteiger partial charge in [-0.15, -0.1) is 0 Å². The zero-order chi connectivity index (χ0) is 21.0. The van der Waals surface area contributed by atoms with Crippen LogP contribution in [0.3, 0.4) is 0 Å². The Morgan fingerprint density at radius 3 is 2.48 bits per heavy atom. The summed E-state index contributed by atoms with van der Waals surface area (Å²) in [7, 11) is 0. The second-order valence-electron chi connectivity index (χ2n) is 8.39. The number of benzene rings is 1. The van der Waals surface area contributed by atoms with Gasteiger partial charge in [-0.2, -0.15) is 0 Å². The van der Waals surface area contributed by atoms with Crippen LogP contribution in [0, 0.1) is 5.92 Å². The van der Waals surface area contributed by atoms with Crippen LogP contribution in [0.25, 0.3) is 11.3 Å². The minimum Gasteiger partial charge on any atom is -0.340 e. The van der Waals surface area contributed by atoms with E-state index in [2.05, 4.69) is 10.3 Å². The average Bonchev–Trinajstić information content (AvgIpc) is 3.52. The van der Waals surface area contributed by atoms with Crippen LogP contribution in [-0.4, -0.2) is 32.3 Å². The van der Waals surface area contributed by atoms with Crippen LogP contribution in [0.15, 0.2) is 60.9 Å². The number of aromatic nitrogens is 3. The molecule has 6 heteroatoms. The number of nitrogens with one attached hydrogen (secondary N) is 1. The van der Waals surface area contributed by atoms with E-state index in [9.17, 15) is 4.79 Å². The van der Waals surface area contributed by atoms with E-state index in [1.54, 1.807) is 12.4 Å². The van der Waals surface area contributed by atoms with E-state index in [-0.39, 0.29) is 17.9 Å². The Morgan fingerprint density at radius 1 is 0.935 bits per heavy atom. The van der Waals surface area contributed by atoms with Crippen LogP contribution in [0.2, 0.25) is 0 Å². The lowest BCUT2D eigenvalue weighted by molar-refractivity contribution is -0.136. The van der Waals surface area contributed by atoms with Crippen LogP contribution < -0.4 is 5.32 Å². The molecule has 158 valence electrons. The molecule has 0 radical (unpaired) electrons. The fourth-order valence-corrected chi connectivity index (χ4v) is 4.73. The first-order valence-electron chi connectivity index (χ1n) is 11.2. The van der Waals surface area contributed by atoms with E-state index >= 15 is 0 Å². The van der Waals surface area contributed by atoms with Crippen LogP contribution in [-0.2, 0) is 4.79 Å². The average molecular weight is 414 g/mol. The lowest BCUT2D eigenvalue weighted by atomic mass is 10.1. The zero-order valence-corrected chi connectivity index (χ0v) is 17.6. The second-order valence-corrected chi connectivity index (χ2v) is 8.39. The summed E-state index contributed by atoms with van der Waals surface area (Å²) < 4.78 is 0. The van der Waals surface area contributed by atoms with Crippen molar-refractivity contribution in [2.45, 2.75) is 44.6 Å². The van der Waals surface area contributed by atoms with Gasteiger partial charge in [0.15, 0.2) is 5.82 Å². The van der Waals surface area contributed by atoms with E-state index in [4.69, 9.17) is 9.97 Å². The Labute approximate surface area is 182 Å². The second kappa shape index (κ2) is 8.84.